The molecule has 1 aromatic heterocycles. The molecule has 1 aromatic carbocycles. The highest BCUT2D eigenvalue weighted by Crippen LogP contribution is 2.18. The number of hydrogen-bond acceptors (Lipinski definition) is 3. The second-order valence-corrected chi connectivity index (χ2v) is 3.12. The van der Waals surface area contributed by atoms with Crippen molar-refractivity contribution in [3.8, 4) is 0 Å². The number of carboxylic acid groups (broad SMARTS) is 1. The molecule has 0 amide bonds. The summed E-state index contributed by atoms with van der Waals surface area (Å²) in [7, 11) is 0. The van der Waals surface area contributed by atoms with Crippen molar-refractivity contribution in [2.75, 3.05) is 0 Å². The van der Waals surface area contributed by atoms with Gasteiger partial charge in [0.25, 0.3) is 0 Å². The molecule has 0 radical (unpaired) electrons. The summed E-state index contributed by atoms with van der Waals surface area (Å²) >= 11 is 0. The molecule has 0 aliphatic heterocycles. The number of carbonyl (C=O) groups excluding carboxylic acids is 1. The maximum absolute atomic E-state index is 10.8. The van der Waals surface area contributed by atoms with Crippen molar-refractivity contribution < 1.29 is 9.90 Å². The number of para-hydroxylation sites is 1. The zero-order valence-corrected chi connectivity index (χ0v) is 7.65. The van der Waals surface area contributed by atoms with Gasteiger partial charge in [-0.25, -0.2) is 0 Å². The maximum atomic E-state index is 10.8. The van der Waals surface area contributed by atoms with Crippen LogP contribution in [0.25, 0.3) is 10.9 Å². The molecule has 0 N–H and O–H groups in total. The van der Waals surface area contributed by atoms with Crippen molar-refractivity contribution in [1.82, 2.24) is 4.98 Å². The number of aromatic carboxylic acids is 1. The predicted molar refractivity (Wildman–Crippen MR) is 50.8 cm³/mol. The normalized spacial score (nSPS) is 10.4. The van der Waals surface area contributed by atoms with E-state index in [1.807, 2.05) is 19.1 Å². The van der Waals surface area contributed by atoms with E-state index in [-0.39, 0.29) is 5.56 Å². The van der Waals surface area contributed by atoms with E-state index in [0.717, 1.165) is 5.56 Å². The van der Waals surface area contributed by atoms with Crippen LogP contribution in [0.2, 0.25) is 0 Å². The van der Waals surface area contributed by atoms with Gasteiger partial charge in [-0.05, 0) is 18.6 Å². The van der Waals surface area contributed by atoms with Crippen LogP contribution in [0.1, 0.15) is 15.9 Å². The van der Waals surface area contributed by atoms with E-state index >= 15 is 0 Å². The van der Waals surface area contributed by atoms with E-state index in [4.69, 9.17) is 0 Å². The van der Waals surface area contributed by atoms with E-state index < -0.39 is 5.97 Å². The van der Waals surface area contributed by atoms with Crippen molar-refractivity contribution >= 4 is 16.9 Å². The first-order valence-corrected chi connectivity index (χ1v) is 4.26. The number of aromatic nitrogens is 1. The molecule has 3 heteroatoms. The molecule has 0 bridgehead atoms. The Morgan fingerprint density at radius 1 is 1.36 bits per heavy atom. The molecule has 0 aliphatic rings. The monoisotopic (exact) mass is 186 g/mol. The van der Waals surface area contributed by atoms with Gasteiger partial charge in [-0.2, -0.15) is 0 Å². The van der Waals surface area contributed by atoms with Gasteiger partial charge in [-0.3, -0.25) is 4.98 Å². The van der Waals surface area contributed by atoms with Gasteiger partial charge in [-0.15, -0.1) is 0 Å². The van der Waals surface area contributed by atoms with E-state index in [1.165, 1.54) is 12.3 Å². The third-order valence-electron chi connectivity index (χ3n) is 2.19. The molecule has 70 valence electrons. The number of rotatable bonds is 1. The summed E-state index contributed by atoms with van der Waals surface area (Å²) in [5, 5.41) is 11.4. The Balaban J connectivity index is 2.88. The van der Waals surface area contributed by atoms with Crippen LogP contribution in [0.15, 0.2) is 30.5 Å². The van der Waals surface area contributed by atoms with Crippen LogP contribution >= 0.6 is 0 Å². The highest BCUT2D eigenvalue weighted by Gasteiger charge is 2.03. The van der Waals surface area contributed by atoms with Gasteiger partial charge in [0, 0.05) is 17.1 Å². The summed E-state index contributed by atoms with van der Waals surface area (Å²) in [5.74, 6) is -1.16. The largest absolute Gasteiger partial charge is 0.545 e. The van der Waals surface area contributed by atoms with E-state index in [1.54, 1.807) is 6.07 Å². The minimum Gasteiger partial charge on any atom is -0.545 e. The first-order valence-electron chi connectivity index (χ1n) is 4.26. The summed E-state index contributed by atoms with van der Waals surface area (Å²) < 4.78 is 0. The number of hydrogen-bond donors (Lipinski definition) is 0. The van der Waals surface area contributed by atoms with Crippen LogP contribution in [-0.4, -0.2) is 11.0 Å². The minimum absolute atomic E-state index is 0.193. The molecule has 14 heavy (non-hydrogen) atoms. The molecule has 0 unspecified atom stereocenters. The Morgan fingerprint density at radius 3 is 2.86 bits per heavy atom. The molecular formula is C11H8NO2-. The van der Waals surface area contributed by atoms with Crippen LogP contribution < -0.4 is 5.11 Å². The second-order valence-electron chi connectivity index (χ2n) is 3.12. The molecule has 2 aromatic rings. The van der Waals surface area contributed by atoms with Gasteiger partial charge < -0.3 is 9.90 Å². The number of aryl methyl sites for hydroxylation is 1. The smallest absolute Gasteiger partial charge is 0.0737 e. The number of carboxylic acids is 1. The lowest BCUT2D eigenvalue weighted by atomic mass is 10.1. The van der Waals surface area contributed by atoms with Gasteiger partial charge in [0.2, 0.25) is 0 Å². The molecule has 0 saturated carbocycles. The molecule has 0 saturated heterocycles. The van der Waals surface area contributed by atoms with Crippen LogP contribution in [0, 0.1) is 6.92 Å². The Morgan fingerprint density at radius 2 is 2.14 bits per heavy atom. The van der Waals surface area contributed by atoms with Crippen LogP contribution in [0.4, 0.5) is 0 Å². The van der Waals surface area contributed by atoms with Gasteiger partial charge in [0.1, 0.15) is 0 Å². The quantitative estimate of drug-likeness (QED) is 0.665. The average molecular weight is 186 g/mol. The third-order valence-corrected chi connectivity index (χ3v) is 2.19. The van der Waals surface area contributed by atoms with Gasteiger partial charge in [0.15, 0.2) is 0 Å². The van der Waals surface area contributed by atoms with Crippen molar-refractivity contribution in [2.45, 2.75) is 6.92 Å². The SMILES string of the molecule is Cc1cccc2c(C(=O)[O-])ccnc12. The molecule has 0 fully saturated rings. The lowest BCUT2D eigenvalue weighted by molar-refractivity contribution is -0.254. The molecule has 2 rings (SSSR count). The zero-order chi connectivity index (χ0) is 10.1. The number of pyridine rings is 1. The Bertz CT molecular complexity index is 506. The number of carbonyl (C=O) groups is 1. The Hall–Kier alpha value is -1.90. The van der Waals surface area contributed by atoms with Crippen LogP contribution in [0.3, 0.4) is 0 Å². The van der Waals surface area contributed by atoms with Crippen LogP contribution in [0.5, 0.6) is 0 Å². The molecule has 3 nitrogen and oxygen atoms in total. The summed E-state index contributed by atoms with van der Waals surface area (Å²) in [6, 6.07) is 6.90. The number of nitrogens with zero attached hydrogens (tertiary/aromatic N) is 1. The summed E-state index contributed by atoms with van der Waals surface area (Å²) in [4.78, 5) is 14.9. The van der Waals surface area contributed by atoms with Crippen molar-refractivity contribution in [3.05, 3.63) is 41.6 Å². The van der Waals surface area contributed by atoms with E-state index in [2.05, 4.69) is 4.98 Å². The van der Waals surface area contributed by atoms with Crippen molar-refractivity contribution in [2.24, 2.45) is 0 Å². The first-order chi connectivity index (χ1) is 6.70. The third kappa shape index (κ3) is 1.23. The highest BCUT2D eigenvalue weighted by atomic mass is 16.4. The summed E-state index contributed by atoms with van der Waals surface area (Å²) in [6.45, 7) is 1.90. The maximum Gasteiger partial charge on any atom is 0.0737 e. The minimum atomic E-state index is -1.16. The van der Waals surface area contributed by atoms with Gasteiger partial charge in [-0.1, -0.05) is 18.2 Å². The van der Waals surface area contributed by atoms with Crippen LogP contribution in [-0.2, 0) is 0 Å². The second kappa shape index (κ2) is 3.10. The average Bonchev–Trinajstić information content (AvgIpc) is 2.17. The van der Waals surface area contributed by atoms with Crippen molar-refractivity contribution in [1.29, 1.82) is 0 Å². The standard InChI is InChI=1S/C11H9NO2/c1-7-3-2-4-8-9(11(13)14)5-6-12-10(7)8/h2-6H,1H3,(H,13,14)/p-1. The fourth-order valence-electron chi connectivity index (χ4n) is 1.50. The van der Waals surface area contributed by atoms with Gasteiger partial charge in [0.05, 0.1) is 11.5 Å². The fraction of sp³-hybridized carbons (Fsp3) is 0.0909. The summed E-state index contributed by atoms with van der Waals surface area (Å²) in [6.07, 6.45) is 1.49. The number of fused-ring (bicyclic) bond motifs is 1. The first kappa shape index (κ1) is 8.69. The topological polar surface area (TPSA) is 53.0 Å². The predicted octanol–water partition coefficient (Wildman–Crippen LogP) is 0.907. The molecule has 0 spiro atoms. The van der Waals surface area contributed by atoms with Crippen molar-refractivity contribution in [3.63, 3.8) is 0 Å². The highest BCUT2D eigenvalue weighted by molar-refractivity contribution is 6.02. The molecule has 0 aliphatic carbocycles. The fourth-order valence-corrected chi connectivity index (χ4v) is 1.50. The molecule has 1 heterocycles. The lowest BCUT2D eigenvalue weighted by Gasteiger charge is -2.07. The van der Waals surface area contributed by atoms with E-state index in [0.29, 0.717) is 10.9 Å². The van der Waals surface area contributed by atoms with Gasteiger partial charge >= 0.3 is 0 Å². The Labute approximate surface area is 81.0 Å². The lowest BCUT2D eigenvalue weighted by Crippen LogP contribution is -2.22. The molecular weight excluding hydrogens is 178 g/mol. The molecule has 0 atom stereocenters. The zero-order valence-electron chi connectivity index (χ0n) is 7.65. The summed E-state index contributed by atoms with van der Waals surface area (Å²) in [5.41, 5.74) is 1.87. The van der Waals surface area contributed by atoms with E-state index in [9.17, 15) is 9.90 Å². The number of benzene rings is 1. The Kier molecular flexibility index (Phi) is 1.93.